The van der Waals surface area contributed by atoms with Crippen molar-refractivity contribution in [3.63, 3.8) is 0 Å². The third kappa shape index (κ3) is 4.13. The van der Waals surface area contributed by atoms with Crippen molar-refractivity contribution in [3.8, 4) is 0 Å². The summed E-state index contributed by atoms with van der Waals surface area (Å²) in [7, 11) is 0. The first kappa shape index (κ1) is 17.1. The molecule has 0 aliphatic carbocycles. The number of carbonyl (C=O) groups excluding carboxylic acids is 1. The van der Waals surface area contributed by atoms with E-state index in [1.54, 1.807) is 0 Å². The van der Waals surface area contributed by atoms with Crippen LogP contribution in [0.4, 0.5) is 4.39 Å². The number of aromatic nitrogens is 1. The van der Waals surface area contributed by atoms with E-state index in [0.29, 0.717) is 0 Å². The summed E-state index contributed by atoms with van der Waals surface area (Å²) in [6.07, 6.45) is 0. The minimum absolute atomic E-state index is 0.0719. The number of carbonyl (C=O) groups is 2. The van der Waals surface area contributed by atoms with Gasteiger partial charge in [0.15, 0.2) is 0 Å². The molecule has 122 valence electrons. The molecular weight excluding hydrogens is 319 g/mol. The van der Waals surface area contributed by atoms with Crippen LogP contribution in [0.5, 0.6) is 0 Å². The van der Waals surface area contributed by atoms with Crippen LogP contribution in [0.3, 0.4) is 0 Å². The second-order valence-electron chi connectivity index (χ2n) is 6.06. The fourth-order valence-electron chi connectivity index (χ4n) is 1.82. The third-order valence-electron chi connectivity index (χ3n) is 3.18. The van der Waals surface area contributed by atoms with Gasteiger partial charge in [-0.3, -0.25) is 4.79 Å². The first-order valence-electron chi connectivity index (χ1n) is 6.94. The average molecular weight is 336 g/mol. The van der Waals surface area contributed by atoms with Crippen LogP contribution in [0.2, 0.25) is 0 Å². The second-order valence-corrected chi connectivity index (χ2v) is 7.00. The molecule has 0 aliphatic rings. The number of nitrogens with zero attached hydrogens (tertiary/aromatic N) is 1. The van der Waals surface area contributed by atoms with Gasteiger partial charge in [-0.1, -0.05) is 20.8 Å². The van der Waals surface area contributed by atoms with Crippen LogP contribution in [-0.4, -0.2) is 22.0 Å². The Balaban J connectivity index is 2.05. The molecule has 2 rings (SSSR count). The molecule has 0 unspecified atom stereocenters. The highest BCUT2D eigenvalue weighted by molar-refractivity contribution is 7.09. The van der Waals surface area contributed by atoms with E-state index in [-0.39, 0.29) is 23.1 Å². The predicted molar refractivity (Wildman–Crippen MR) is 85.3 cm³/mol. The first-order chi connectivity index (χ1) is 10.7. The fourth-order valence-corrected chi connectivity index (χ4v) is 2.78. The number of halogens is 1. The largest absolute Gasteiger partial charge is 0.478 e. The Kier molecular flexibility index (Phi) is 4.79. The van der Waals surface area contributed by atoms with Crippen LogP contribution in [0.1, 0.15) is 52.2 Å². The second kappa shape index (κ2) is 6.45. The normalized spacial score (nSPS) is 11.3. The van der Waals surface area contributed by atoms with Crippen molar-refractivity contribution < 1.29 is 19.1 Å². The molecule has 1 aromatic heterocycles. The Bertz CT molecular complexity index is 750. The van der Waals surface area contributed by atoms with Crippen molar-refractivity contribution in [2.45, 2.75) is 32.7 Å². The minimum atomic E-state index is -1.24. The van der Waals surface area contributed by atoms with Crippen molar-refractivity contribution in [1.82, 2.24) is 10.3 Å². The van der Waals surface area contributed by atoms with Gasteiger partial charge in [-0.2, -0.15) is 0 Å². The zero-order valence-electron chi connectivity index (χ0n) is 13.0. The monoisotopic (exact) mass is 336 g/mol. The van der Waals surface area contributed by atoms with Gasteiger partial charge >= 0.3 is 5.97 Å². The average Bonchev–Trinajstić information content (AvgIpc) is 2.93. The molecule has 0 fully saturated rings. The Morgan fingerprint density at radius 1 is 1.35 bits per heavy atom. The summed E-state index contributed by atoms with van der Waals surface area (Å²) in [4.78, 5) is 27.2. The lowest BCUT2D eigenvalue weighted by atomic mass is 9.93. The van der Waals surface area contributed by atoms with Gasteiger partial charge in [0.2, 0.25) is 0 Å². The molecule has 0 bridgehead atoms. The van der Waals surface area contributed by atoms with E-state index in [1.165, 1.54) is 17.4 Å². The molecule has 0 saturated heterocycles. The Morgan fingerprint density at radius 2 is 2.04 bits per heavy atom. The van der Waals surface area contributed by atoms with Crippen molar-refractivity contribution in [1.29, 1.82) is 0 Å². The zero-order valence-corrected chi connectivity index (χ0v) is 13.8. The molecule has 2 aromatic rings. The van der Waals surface area contributed by atoms with Gasteiger partial charge in [0, 0.05) is 10.8 Å². The first-order valence-corrected chi connectivity index (χ1v) is 7.82. The molecule has 0 radical (unpaired) electrons. The van der Waals surface area contributed by atoms with Crippen molar-refractivity contribution in [2.75, 3.05) is 0 Å². The predicted octanol–water partition coefficient (Wildman–Crippen LogP) is 3.21. The number of aromatic carboxylic acids is 1. The Morgan fingerprint density at radius 3 is 2.57 bits per heavy atom. The standard InChI is InChI=1S/C16H17FN2O3S/c1-16(2,3)12-8-23-13(19-12)7-18-14(20)10-5-4-9(15(21)22)6-11(10)17/h4-6,8H,7H2,1-3H3,(H,18,20)(H,21,22). The lowest BCUT2D eigenvalue weighted by Gasteiger charge is -2.14. The molecule has 5 nitrogen and oxygen atoms in total. The van der Waals surface area contributed by atoms with E-state index in [4.69, 9.17) is 5.11 Å². The number of carboxylic acids is 1. The topological polar surface area (TPSA) is 79.3 Å². The van der Waals surface area contributed by atoms with Crippen LogP contribution in [0.25, 0.3) is 0 Å². The van der Waals surface area contributed by atoms with E-state index >= 15 is 0 Å². The molecule has 2 N–H and O–H groups in total. The molecular formula is C16H17FN2O3S. The van der Waals surface area contributed by atoms with E-state index in [2.05, 4.69) is 10.3 Å². The van der Waals surface area contributed by atoms with Crippen molar-refractivity contribution in [2.24, 2.45) is 0 Å². The molecule has 1 aromatic carbocycles. The Hall–Kier alpha value is -2.28. The lowest BCUT2D eigenvalue weighted by Crippen LogP contribution is -2.24. The number of rotatable bonds is 4. The summed E-state index contributed by atoms with van der Waals surface area (Å²) in [5.41, 5.74) is 0.470. The third-order valence-corrected chi connectivity index (χ3v) is 4.03. The Labute approximate surface area is 137 Å². The van der Waals surface area contributed by atoms with Crippen LogP contribution in [-0.2, 0) is 12.0 Å². The molecule has 7 heteroatoms. The molecule has 1 heterocycles. The van der Waals surface area contributed by atoms with Gasteiger partial charge in [-0.05, 0) is 18.2 Å². The van der Waals surface area contributed by atoms with Crippen LogP contribution in [0.15, 0.2) is 23.6 Å². The van der Waals surface area contributed by atoms with E-state index in [1.807, 2.05) is 26.2 Å². The van der Waals surface area contributed by atoms with Crippen LogP contribution < -0.4 is 5.32 Å². The smallest absolute Gasteiger partial charge is 0.335 e. The van der Waals surface area contributed by atoms with Gasteiger partial charge in [0.25, 0.3) is 5.91 Å². The summed E-state index contributed by atoms with van der Waals surface area (Å²) in [6, 6.07) is 3.19. The highest BCUT2D eigenvalue weighted by Crippen LogP contribution is 2.23. The van der Waals surface area contributed by atoms with Crippen LogP contribution >= 0.6 is 11.3 Å². The molecule has 0 atom stereocenters. The summed E-state index contributed by atoms with van der Waals surface area (Å²) in [5, 5.41) is 14.0. The highest BCUT2D eigenvalue weighted by Gasteiger charge is 2.18. The number of benzene rings is 1. The number of carboxylic acid groups (broad SMARTS) is 1. The number of thiazole rings is 1. The maximum absolute atomic E-state index is 13.8. The SMILES string of the molecule is CC(C)(C)c1csc(CNC(=O)c2ccc(C(=O)O)cc2F)n1. The summed E-state index contributed by atoms with van der Waals surface area (Å²) < 4.78 is 13.8. The van der Waals surface area contributed by atoms with Gasteiger partial charge in [0.05, 0.1) is 23.4 Å². The van der Waals surface area contributed by atoms with Gasteiger partial charge in [-0.15, -0.1) is 11.3 Å². The summed E-state index contributed by atoms with van der Waals surface area (Å²) in [6.45, 7) is 6.33. The molecule has 1 amide bonds. The van der Waals surface area contributed by atoms with Gasteiger partial charge in [0.1, 0.15) is 10.8 Å². The number of amides is 1. The van der Waals surface area contributed by atoms with Gasteiger partial charge in [-0.25, -0.2) is 14.2 Å². The number of hydrogen-bond acceptors (Lipinski definition) is 4. The quantitative estimate of drug-likeness (QED) is 0.898. The lowest BCUT2D eigenvalue weighted by molar-refractivity contribution is 0.0695. The zero-order chi connectivity index (χ0) is 17.2. The van der Waals surface area contributed by atoms with E-state index in [9.17, 15) is 14.0 Å². The molecule has 0 spiro atoms. The number of hydrogen-bond donors (Lipinski definition) is 2. The van der Waals surface area contributed by atoms with Crippen molar-refractivity contribution in [3.05, 3.63) is 51.2 Å². The molecule has 0 saturated carbocycles. The summed E-state index contributed by atoms with van der Waals surface area (Å²) >= 11 is 1.43. The molecule has 23 heavy (non-hydrogen) atoms. The highest BCUT2D eigenvalue weighted by atomic mass is 32.1. The summed E-state index contributed by atoms with van der Waals surface area (Å²) in [5.74, 6) is -2.71. The fraction of sp³-hybridized carbons (Fsp3) is 0.312. The van der Waals surface area contributed by atoms with Crippen LogP contribution in [0, 0.1) is 5.82 Å². The minimum Gasteiger partial charge on any atom is -0.478 e. The van der Waals surface area contributed by atoms with E-state index in [0.717, 1.165) is 22.8 Å². The van der Waals surface area contributed by atoms with Crippen molar-refractivity contribution >= 4 is 23.2 Å². The van der Waals surface area contributed by atoms with Gasteiger partial charge < -0.3 is 10.4 Å². The maximum atomic E-state index is 13.8. The number of nitrogens with one attached hydrogen (secondary N) is 1. The molecule has 0 aliphatic heterocycles. The van der Waals surface area contributed by atoms with E-state index < -0.39 is 17.7 Å². The maximum Gasteiger partial charge on any atom is 0.335 e.